The van der Waals surface area contributed by atoms with Crippen molar-refractivity contribution in [3.05, 3.63) is 51.1 Å². The van der Waals surface area contributed by atoms with Crippen LogP contribution in [-0.4, -0.2) is 50.0 Å². The number of thioether (sulfide) groups is 1. The number of hydrogen-bond donors (Lipinski definition) is 0. The smallest absolute Gasteiger partial charge is 0.312 e. The molecule has 2 heterocycles. The Labute approximate surface area is 176 Å². The molecule has 0 radical (unpaired) electrons. The van der Waals surface area contributed by atoms with Gasteiger partial charge in [-0.05, 0) is 39.0 Å². The first-order chi connectivity index (χ1) is 14.3. The molecular formula is C18H21N7O4S. The molecule has 3 rings (SSSR count). The van der Waals surface area contributed by atoms with E-state index in [1.54, 1.807) is 62.7 Å². The summed E-state index contributed by atoms with van der Waals surface area (Å²) in [4.78, 5) is 10.8. The molecule has 11 nitrogen and oxygen atoms in total. The minimum Gasteiger partial charge on any atom is -0.497 e. The van der Waals surface area contributed by atoms with Crippen LogP contribution >= 0.6 is 11.8 Å². The van der Waals surface area contributed by atoms with E-state index in [2.05, 4.69) is 20.4 Å². The standard InChI is InChI=1S/C18H21N7O4S/c1-11-17(25(26)27)12(2)23(22-11)10-30-18-21-20-13(3)24(18)19-9-14-8-15(28-4)6-7-16(14)29-5/h6-9H,10H2,1-5H3/b19-9+. The third-order valence-electron chi connectivity index (χ3n) is 4.36. The molecule has 0 amide bonds. The molecule has 30 heavy (non-hydrogen) atoms. The van der Waals surface area contributed by atoms with E-state index in [0.29, 0.717) is 39.7 Å². The lowest BCUT2D eigenvalue weighted by Crippen LogP contribution is -2.03. The van der Waals surface area contributed by atoms with Crippen molar-refractivity contribution in [3.63, 3.8) is 0 Å². The van der Waals surface area contributed by atoms with Gasteiger partial charge in [0.15, 0.2) is 5.82 Å². The molecule has 0 N–H and O–H groups in total. The zero-order chi connectivity index (χ0) is 21.8. The van der Waals surface area contributed by atoms with Crippen molar-refractivity contribution >= 4 is 23.7 Å². The molecule has 0 saturated carbocycles. The molecule has 3 aromatic rings. The fourth-order valence-corrected chi connectivity index (χ4v) is 3.71. The second kappa shape index (κ2) is 8.95. The summed E-state index contributed by atoms with van der Waals surface area (Å²) in [5, 5.41) is 28.7. The van der Waals surface area contributed by atoms with Crippen molar-refractivity contribution in [3.8, 4) is 11.5 Å². The summed E-state index contributed by atoms with van der Waals surface area (Å²) in [5.74, 6) is 2.25. The number of ether oxygens (including phenoxy) is 2. The second-order valence-corrected chi connectivity index (χ2v) is 7.16. The van der Waals surface area contributed by atoms with Gasteiger partial charge in [0.1, 0.15) is 22.9 Å². The molecular weight excluding hydrogens is 410 g/mol. The molecule has 0 atom stereocenters. The van der Waals surface area contributed by atoms with Crippen LogP contribution in [-0.2, 0) is 5.88 Å². The zero-order valence-electron chi connectivity index (χ0n) is 17.2. The maximum atomic E-state index is 11.2. The first kappa shape index (κ1) is 21.3. The Kier molecular flexibility index (Phi) is 6.35. The molecule has 0 aliphatic rings. The summed E-state index contributed by atoms with van der Waals surface area (Å²) in [7, 11) is 3.17. The Hall–Kier alpha value is -3.41. The van der Waals surface area contributed by atoms with Gasteiger partial charge >= 0.3 is 5.69 Å². The summed E-state index contributed by atoms with van der Waals surface area (Å²) in [6.45, 7) is 5.07. The van der Waals surface area contributed by atoms with Crippen molar-refractivity contribution in [2.24, 2.45) is 5.10 Å². The quantitative estimate of drug-likeness (QED) is 0.231. The molecule has 0 spiro atoms. The Bertz CT molecular complexity index is 1110. The number of aryl methyl sites for hydroxylation is 2. The lowest BCUT2D eigenvalue weighted by molar-refractivity contribution is -0.386. The zero-order valence-corrected chi connectivity index (χ0v) is 18.0. The highest BCUT2D eigenvalue weighted by Crippen LogP contribution is 2.26. The van der Waals surface area contributed by atoms with Crippen LogP contribution in [0, 0.1) is 30.9 Å². The number of rotatable bonds is 8. The highest BCUT2D eigenvalue weighted by atomic mass is 32.2. The molecule has 0 bridgehead atoms. The second-order valence-electron chi connectivity index (χ2n) is 6.24. The summed E-state index contributed by atoms with van der Waals surface area (Å²) in [6, 6.07) is 5.41. The van der Waals surface area contributed by atoms with Crippen molar-refractivity contribution in [1.82, 2.24) is 24.7 Å². The Morgan fingerprint density at radius 1 is 1.23 bits per heavy atom. The lowest BCUT2D eigenvalue weighted by atomic mass is 10.2. The van der Waals surface area contributed by atoms with Crippen molar-refractivity contribution in [1.29, 1.82) is 0 Å². The topological polar surface area (TPSA) is 122 Å². The van der Waals surface area contributed by atoms with Gasteiger partial charge in [0.05, 0.1) is 31.2 Å². The Morgan fingerprint density at radius 2 is 2.00 bits per heavy atom. The van der Waals surface area contributed by atoms with Crippen LogP contribution in [0.25, 0.3) is 0 Å². The van der Waals surface area contributed by atoms with Gasteiger partial charge in [0.2, 0.25) is 5.16 Å². The van der Waals surface area contributed by atoms with Crippen molar-refractivity contribution < 1.29 is 14.4 Å². The molecule has 1 aromatic carbocycles. The summed E-state index contributed by atoms with van der Waals surface area (Å²) < 4.78 is 13.8. The molecule has 0 aliphatic heterocycles. The predicted molar refractivity (Wildman–Crippen MR) is 112 cm³/mol. The molecule has 0 fully saturated rings. The number of hydrogen-bond acceptors (Lipinski definition) is 9. The van der Waals surface area contributed by atoms with Crippen LogP contribution in [0.4, 0.5) is 5.69 Å². The third-order valence-corrected chi connectivity index (χ3v) is 5.25. The fraction of sp³-hybridized carbons (Fsp3) is 0.333. The normalized spacial score (nSPS) is 11.2. The van der Waals surface area contributed by atoms with Gasteiger partial charge in [0.25, 0.3) is 0 Å². The molecule has 0 aliphatic carbocycles. The van der Waals surface area contributed by atoms with Gasteiger partial charge in [-0.25, -0.2) is 0 Å². The number of nitrogens with zero attached hydrogens (tertiary/aromatic N) is 7. The average Bonchev–Trinajstić information content (AvgIpc) is 3.22. The minimum atomic E-state index is -0.419. The van der Waals surface area contributed by atoms with E-state index in [-0.39, 0.29) is 5.69 Å². The van der Waals surface area contributed by atoms with Crippen molar-refractivity contribution in [2.75, 3.05) is 14.2 Å². The first-order valence-corrected chi connectivity index (χ1v) is 9.83. The Balaban J connectivity index is 1.84. The van der Waals surface area contributed by atoms with Gasteiger partial charge in [-0.1, -0.05) is 11.8 Å². The number of methoxy groups -OCH3 is 2. The monoisotopic (exact) mass is 431 g/mol. The summed E-state index contributed by atoms with van der Waals surface area (Å²) in [5.41, 5.74) is 1.61. The van der Waals surface area contributed by atoms with Gasteiger partial charge in [0, 0.05) is 5.56 Å². The van der Waals surface area contributed by atoms with Gasteiger partial charge in [-0.2, -0.15) is 14.9 Å². The van der Waals surface area contributed by atoms with Crippen molar-refractivity contribution in [2.45, 2.75) is 31.8 Å². The van der Waals surface area contributed by atoms with Gasteiger partial charge in [-0.15, -0.1) is 10.2 Å². The number of benzene rings is 1. The fourth-order valence-electron chi connectivity index (χ4n) is 2.82. The van der Waals surface area contributed by atoms with Gasteiger partial charge in [-0.3, -0.25) is 14.8 Å². The lowest BCUT2D eigenvalue weighted by Gasteiger charge is -2.07. The van der Waals surface area contributed by atoms with Crippen LogP contribution in [0.1, 0.15) is 22.8 Å². The molecule has 12 heteroatoms. The largest absolute Gasteiger partial charge is 0.497 e. The highest BCUT2D eigenvalue weighted by Gasteiger charge is 2.22. The van der Waals surface area contributed by atoms with Crippen LogP contribution in [0.3, 0.4) is 0 Å². The summed E-state index contributed by atoms with van der Waals surface area (Å²) in [6.07, 6.45) is 1.63. The number of nitro groups is 1. The van der Waals surface area contributed by atoms with Crippen LogP contribution in [0.5, 0.6) is 11.5 Å². The summed E-state index contributed by atoms with van der Waals surface area (Å²) >= 11 is 1.32. The molecule has 158 valence electrons. The predicted octanol–water partition coefficient (Wildman–Crippen LogP) is 2.96. The van der Waals surface area contributed by atoms with Crippen LogP contribution in [0.2, 0.25) is 0 Å². The van der Waals surface area contributed by atoms with E-state index in [9.17, 15) is 10.1 Å². The van der Waals surface area contributed by atoms with E-state index in [0.717, 1.165) is 5.56 Å². The van der Waals surface area contributed by atoms with E-state index < -0.39 is 4.92 Å². The van der Waals surface area contributed by atoms with E-state index >= 15 is 0 Å². The highest BCUT2D eigenvalue weighted by molar-refractivity contribution is 7.98. The van der Waals surface area contributed by atoms with E-state index in [1.807, 2.05) is 6.07 Å². The Morgan fingerprint density at radius 3 is 2.63 bits per heavy atom. The maximum absolute atomic E-state index is 11.2. The third kappa shape index (κ3) is 4.27. The van der Waals surface area contributed by atoms with Gasteiger partial charge < -0.3 is 9.47 Å². The molecule has 0 unspecified atom stereocenters. The molecule has 2 aromatic heterocycles. The maximum Gasteiger partial charge on any atom is 0.312 e. The van der Waals surface area contributed by atoms with Crippen LogP contribution in [0.15, 0.2) is 28.5 Å². The first-order valence-electron chi connectivity index (χ1n) is 8.85. The minimum absolute atomic E-state index is 0.0244. The van der Waals surface area contributed by atoms with Crippen LogP contribution < -0.4 is 9.47 Å². The number of aromatic nitrogens is 5. The van der Waals surface area contributed by atoms with E-state index in [1.165, 1.54) is 11.8 Å². The molecule has 0 saturated heterocycles. The average molecular weight is 431 g/mol. The van der Waals surface area contributed by atoms with E-state index in [4.69, 9.17) is 9.47 Å². The SMILES string of the molecule is COc1ccc(OC)c(/C=N/n2c(C)nnc2SCn2nc(C)c([N+](=O)[O-])c2C)c1.